The molecule has 2 aromatic rings. The molecule has 0 aliphatic heterocycles. The van der Waals surface area contributed by atoms with Crippen molar-refractivity contribution in [1.29, 1.82) is 0 Å². The summed E-state index contributed by atoms with van der Waals surface area (Å²) < 4.78 is 45.7. The van der Waals surface area contributed by atoms with Gasteiger partial charge in [-0.05, 0) is 23.6 Å². The Kier molecular flexibility index (Phi) is 6.49. The molecule has 0 aliphatic rings. The van der Waals surface area contributed by atoms with Gasteiger partial charge in [-0.1, -0.05) is 43.7 Å². The van der Waals surface area contributed by atoms with Gasteiger partial charge in [0, 0.05) is 6.42 Å². The number of phenols is 1. The molecule has 2 aromatic carbocycles. The maximum Gasteiger partial charge on any atom is 0.423 e. The second-order valence-electron chi connectivity index (χ2n) is 6.64. The van der Waals surface area contributed by atoms with Gasteiger partial charge in [0.25, 0.3) is 0 Å². The van der Waals surface area contributed by atoms with Crippen molar-refractivity contribution >= 4 is 5.78 Å². The lowest BCUT2D eigenvalue weighted by atomic mass is 9.97. The van der Waals surface area contributed by atoms with E-state index in [9.17, 15) is 23.1 Å². The fourth-order valence-corrected chi connectivity index (χ4v) is 2.59. The van der Waals surface area contributed by atoms with E-state index >= 15 is 0 Å². The highest BCUT2D eigenvalue weighted by molar-refractivity contribution is 5.99. The SMILES string of the molecule is CC(C)CC(=O)c1ccc(OCc2ccc(C[NH-])cc2)c(C(F)(F)F)c1O. The van der Waals surface area contributed by atoms with Gasteiger partial charge < -0.3 is 15.6 Å². The number of halogens is 3. The number of ketones is 1. The lowest BCUT2D eigenvalue weighted by molar-refractivity contribution is -0.140. The molecule has 0 bridgehead atoms. The number of rotatable bonds is 7. The van der Waals surface area contributed by atoms with Crippen LogP contribution in [-0.4, -0.2) is 10.9 Å². The van der Waals surface area contributed by atoms with E-state index in [0.717, 1.165) is 17.7 Å². The van der Waals surface area contributed by atoms with Crippen LogP contribution in [0.15, 0.2) is 36.4 Å². The summed E-state index contributed by atoms with van der Waals surface area (Å²) in [4.78, 5) is 12.1. The zero-order valence-electron chi connectivity index (χ0n) is 15.1. The fourth-order valence-electron chi connectivity index (χ4n) is 2.59. The summed E-state index contributed by atoms with van der Waals surface area (Å²) in [5.74, 6) is -2.24. The van der Waals surface area contributed by atoms with Crippen LogP contribution in [0.5, 0.6) is 11.5 Å². The molecule has 7 heteroatoms. The molecule has 0 radical (unpaired) electrons. The topological polar surface area (TPSA) is 70.3 Å². The highest BCUT2D eigenvalue weighted by Gasteiger charge is 2.39. The van der Waals surface area contributed by atoms with Crippen LogP contribution in [0, 0.1) is 5.92 Å². The van der Waals surface area contributed by atoms with Gasteiger partial charge in [-0.3, -0.25) is 4.79 Å². The zero-order valence-corrected chi connectivity index (χ0v) is 15.1. The van der Waals surface area contributed by atoms with Gasteiger partial charge in [0.1, 0.15) is 23.7 Å². The van der Waals surface area contributed by atoms with Gasteiger partial charge in [0.05, 0.1) is 5.56 Å². The van der Waals surface area contributed by atoms with Crippen LogP contribution in [0.25, 0.3) is 5.73 Å². The van der Waals surface area contributed by atoms with Crippen LogP contribution in [0.4, 0.5) is 13.2 Å². The largest absolute Gasteiger partial charge is 0.674 e. The maximum atomic E-state index is 13.5. The lowest BCUT2D eigenvalue weighted by Gasteiger charge is -2.18. The number of carbonyl (C=O) groups excluding carboxylic acids is 1. The normalized spacial score (nSPS) is 11.7. The Morgan fingerprint density at radius 3 is 2.22 bits per heavy atom. The molecule has 0 amide bonds. The molecule has 2 N–H and O–H groups in total. The van der Waals surface area contributed by atoms with Crippen LogP contribution in [0.1, 0.15) is 47.3 Å². The van der Waals surface area contributed by atoms with E-state index < -0.39 is 29.0 Å². The highest BCUT2D eigenvalue weighted by atomic mass is 19.4. The predicted octanol–water partition coefficient (Wildman–Crippen LogP) is 5.77. The summed E-state index contributed by atoms with van der Waals surface area (Å²) in [6, 6.07) is 8.94. The van der Waals surface area contributed by atoms with E-state index in [0.29, 0.717) is 5.56 Å². The zero-order chi connectivity index (χ0) is 20.2. The Bertz CT molecular complexity index is 799. The molecule has 4 nitrogen and oxygen atoms in total. The molecule has 146 valence electrons. The molecule has 0 heterocycles. The monoisotopic (exact) mass is 380 g/mol. The molecule has 0 aromatic heterocycles. The van der Waals surface area contributed by atoms with E-state index in [1.807, 2.05) is 0 Å². The summed E-state index contributed by atoms with van der Waals surface area (Å²) in [5, 5.41) is 10.1. The number of aromatic hydroxyl groups is 1. The molecule has 2 rings (SSSR count). The van der Waals surface area contributed by atoms with Crippen molar-refractivity contribution in [3.8, 4) is 11.5 Å². The second kappa shape index (κ2) is 8.43. The average molecular weight is 380 g/mol. The smallest absolute Gasteiger partial charge is 0.423 e. The summed E-state index contributed by atoms with van der Waals surface area (Å²) in [6.07, 6.45) is -4.84. The Morgan fingerprint density at radius 1 is 1.11 bits per heavy atom. The molecule has 0 atom stereocenters. The number of alkyl halides is 3. The van der Waals surface area contributed by atoms with Crippen molar-refractivity contribution in [3.05, 3.63) is 64.4 Å². The van der Waals surface area contributed by atoms with E-state index in [1.54, 1.807) is 38.1 Å². The first-order valence-electron chi connectivity index (χ1n) is 8.45. The number of benzene rings is 2. The van der Waals surface area contributed by atoms with E-state index in [-0.39, 0.29) is 31.1 Å². The summed E-state index contributed by atoms with van der Waals surface area (Å²) in [5.41, 5.74) is 6.95. The van der Waals surface area contributed by atoms with E-state index in [2.05, 4.69) is 0 Å². The molecule has 27 heavy (non-hydrogen) atoms. The highest BCUT2D eigenvalue weighted by Crippen LogP contribution is 2.44. The summed E-state index contributed by atoms with van der Waals surface area (Å²) >= 11 is 0. The van der Waals surface area contributed by atoms with Crippen molar-refractivity contribution in [2.45, 2.75) is 39.6 Å². The van der Waals surface area contributed by atoms with Crippen LogP contribution < -0.4 is 4.74 Å². The summed E-state index contributed by atoms with van der Waals surface area (Å²) in [6.45, 7) is 3.51. The number of phenolic OH excluding ortho intramolecular Hbond substituents is 1. The van der Waals surface area contributed by atoms with Crippen molar-refractivity contribution in [2.75, 3.05) is 0 Å². The first kappa shape index (κ1) is 20.8. The molecular weight excluding hydrogens is 359 g/mol. The van der Waals surface area contributed by atoms with Gasteiger partial charge >= 0.3 is 6.18 Å². The van der Waals surface area contributed by atoms with Gasteiger partial charge in [0.15, 0.2) is 5.78 Å². The molecule has 0 spiro atoms. The first-order chi connectivity index (χ1) is 12.6. The van der Waals surface area contributed by atoms with Gasteiger partial charge in [0.2, 0.25) is 0 Å². The van der Waals surface area contributed by atoms with E-state index in [4.69, 9.17) is 10.5 Å². The second-order valence-corrected chi connectivity index (χ2v) is 6.64. The number of hydrogen-bond donors (Lipinski definition) is 1. The molecule has 0 saturated heterocycles. The van der Waals surface area contributed by atoms with Gasteiger partial charge in [-0.2, -0.15) is 13.2 Å². The van der Waals surface area contributed by atoms with Crippen LogP contribution in [0.3, 0.4) is 0 Å². The first-order valence-corrected chi connectivity index (χ1v) is 8.45. The van der Waals surface area contributed by atoms with Crippen LogP contribution in [-0.2, 0) is 19.3 Å². The fraction of sp³-hybridized carbons (Fsp3) is 0.350. The number of hydrogen-bond acceptors (Lipinski definition) is 3. The van der Waals surface area contributed by atoms with Crippen molar-refractivity contribution in [1.82, 2.24) is 0 Å². The summed E-state index contributed by atoms with van der Waals surface area (Å²) in [7, 11) is 0. The third-order valence-electron chi connectivity index (χ3n) is 3.94. The molecule has 0 saturated carbocycles. The molecule has 0 fully saturated rings. The maximum absolute atomic E-state index is 13.5. The third kappa shape index (κ3) is 5.23. The Hall–Kier alpha value is -2.54. The average Bonchev–Trinajstić information content (AvgIpc) is 2.58. The molecule has 0 aliphatic carbocycles. The van der Waals surface area contributed by atoms with Crippen molar-refractivity contribution < 1.29 is 27.8 Å². The minimum atomic E-state index is -4.87. The quantitative estimate of drug-likeness (QED) is 0.620. The minimum Gasteiger partial charge on any atom is -0.674 e. The van der Waals surface area contributed by atoms with Gasteiger partial charge in [-0.15, -0.1) is 6.54 Å². The predicted molar refractivity (Wildman–Crippen MR) is 95.7 cm³/mol. The Balaban J connectivity index is 2.32. The number of ether oxygens (including phenoxy) is 1. The van der Waals surface area contributed by atoms with Gasteiger partial charge in [-0.25, -0.2) is 0 Å². The van der Waals surface area contributed by atoms with Crippen LogP contribution in [0.2, 0.25) is 0 Å². The Labute approximate surface area is 155 Å². The number of carbonyl (C=O) groups is 1. The Morgan fingerprint density at radius 2 is 1.70 bits per heavy atom. The van der Waals surface area contributed by atoms with Crippen molar-refractivity contribution in [3.63, 3.8) is 0 Å². The van der Waals surface area contributed by atoms with Crippen LogP contribution >= 0.6 is 0 Å². The van der Waals surface area contributed by atoms with Crippen molar-refractivity contribution in [2.24, 2.45) is 5.92 Å². The standard InChI is InChI=1S/C20H21F3NO3/c1-12(2)9-16(25)15-7-8-17(18(19(15)26)20(21,22)23)27-11-14-5-3-13(10-24)4-6-14/h3-8,12,24,26H,9-11H2,1-2H3/q-1. The minimum absolute atomic E-state index is 0.0351. The number of nitrogens with one attached hydrogen (secondary N) is 1. The third-order valence-corrected chi connectivity index (χ3v) is 3.94. The number of Topliss-reactive ketones (excluding diaryl/α,β-unsaturated/α-hetero) is 1. The molecule has 0 unspecified atom stereocenters. The lowest BCUT2D eigenvalue weighted by Crippen LogP contribution is -2.12. The molecular formula is C20H21F3NO3-. The van der Waals surface area contributed by atoms with E-state index in [1.165, 1.54) is 0 Å².